The molecule has 5 heteroatoms. The number of aromatic nitrogens is 2. The minimum Gasteiger partial charge on any atom is -0.339 e. The number of nitrogens with zero attached hydrogens (tertiary/aromatic N) is 3. The van der Waals surface area contributed by atoms with Crippen molar-refractivity contribution in [1.29, 1.82) is 0 Å². The molecule has 0 bridgehead atoms. The van der Waals surface area contributed by atoms with Crippen LogP contribution in [0, 0.1) is 6.92 Å². The first-order chi connectivity index (χ1) is 8.20. The molecule has 2 rings (SSSR count). The molecule has 0 aliphatic heterocycles. The van der Waals surface area contributed by atoms with Crippen molar-refractivity contribution in [3.8, 4) is 0 Å². The van der Waals surface area contributed by atoms with Crippen molar-refractivity contribution in [2.75, 3.05) is 11.9 Å². The second kappa shape index (κ2) is 5.47. The Morgan fingerprint density at radius 3 is 2.88 bits per heavy atom. The summed E-state index contributed by atoms with van der Waals surface area (Å²) in [4.78, 5) is 12.1. The molecule has 0 saturated heterocycles. The normalized spacial score (nSPS) is 10.5. The molecule has 0 radical (unpaired) electrons. The molecule has 17 heavy (non-hydrogen) atoms. The van der Waals surface area contributed by atoms with Gasteiger partial charge in [-0.2, -0.15) is 0 Å². The Kier molecular flexibility index (Phi) is 3.97. The zero-order valence-electron chi connectivity index (χ0n) is 9.85. The molecule has 2 heterocycles. The maximum Gasteiger partial charge on any atom is 0.225 e. The highest BCUT2D eigenvalue weighted by molar-refractivity contribution is 7.09. The number of hydrogen-bond donors (Lipinski definition) is 0. The predicted octanol–water partition coefficient (Wildman–Crippen LogP) is 3.22. The maximum atomic E-state index is 5.79. The lowest BCUT2D eigenvalue weighted by molar-refractivity contribution is 0.864. The smallest absolute Gasteiger partial charge is 0.225 e. The summed E-state index contributed by atoms with van der Waals surface area (Å²) < 4.78 is 0. The van der Waals surface area contributed by atoms with Gasteiger partial charge in [0.15, 0.2) is 0 Å². The van der Waals surface area contributed by atoms with E-state index in [0.717, 1.165) is 23.8 Å². The van der Waals surface area contributed by atoms with Gasteiger partial charge in [0.2, 0.25) is 5.95 Å². The number of rotatable bonds is 4. The SMILES string of the molecule is Cc1nc(N(C)Cc2cccs2)ncc1CCl. The fourth-order valence-corrected chi connectivity index (χ4v) is 2.52. The fraction of sp³-hybridized carbons (Fsp3) is 0.333. The summed E-state index contributed by atoms with van der Waals surface area (Å²) in [7, 11) is 1.99. The third kappa shape index (κ3) is 2.96. The van der Waals surface area contributed by atoms with Crippen LogP contribution in [0.15, 0.2) is 23.7 Å². The number of anilines is 1. The first-order valence-electron chi connectivity index (χ1n) is 5.32. The van der Waals surface area contributed by atoms with Gasteiger partial charge in [0.05, 0.1) is 12.4 Å². The van der Waals surface area contributed by atoms with Crippen molar-refractivity contribution in [2.45, 2.75) is 19.3 Å². The van der Waals surface area contributed by atoms with Crippen LogP contribution in [-0.2, 0) is 12.4 Å². The minimum atomic E-state index is 0.459. The summed E-state index contributed by atoms with van der Waals surface area (Å²) >= 11 is 7.53. The van der Waals surface area contributed by atoms with Crippen LogP contribution in [0.25, 0.3) is 0 Å². The van der Waals surface area contributed by atoms with Gasteiger partial charge in [0, 0.05) is 29.4 Å². The van der Waals surface area contributed by atoms with Crippen LogP contribution in [0.5, 0.6) is 0 Å². The van der Waals surface area contributed by atoms with E-state index in [4.69, 9.17) is 11.6 Å². The molecule has 0 spiro atoms. The van der Waals surface area contributed by atoms with E-state index in [-0.39, 0.29) is 0 Å². The number of alkyl halides is 1. The fourth-order valence-electron chi connectivity index (χ4n) is 1.50. The van der Waals surface area contributed by atoms with E-state index in [1.165, 1.54) is 4.88 Å². The van der Waals surface area contributed by atoms with E-state index >= 15 is 0 Å². The summed E-state index contributed by atoms with van der Waals surface area (Å²) in [6, 6.07) is 4.16. The number of thiophene rings is 1. The lowest BCUT2D eigenvalue weighted by Gasteiger charge is -2.16. The molecular formula is C12H14ClN3S. The van der Waals surface area contributed by atoms with Gasteiger partial charge in [0.1, 0.15) is 0 Å². The lowest BCUT2D eigenvalue weighted by atomic mass is 10.3. The van der Waals surface area contributed by atoms with Crippen molar-refractivity contribution in [3.05, 3.63) is 39.8 Å². The largest absolute Gasteiger partial charge is 0.339 e. The van der Waals surface area contributed by atoms with Crippen LogP contribution in [0.1, 0.15) is 16.1 Å². The quantitative estimate of drug-likeness (QED) is 0.797. The predicted molar refractivity (Wildman–Crippen MR) is 72.8 cm³/mol. The molecule has 0 atom stereocenters. The number of aryl methyl sites for hydroxylation is 1. The van der Waals surface area contributed by atoms with Gasteiger partial charge < -0.3 is 4.90 Å². The summed E-state index contributed by atoms with van der Waals surface area (Å²) in [5.74, 6) is 1.20. The Morgan fingerprint density at radius 1 is 1.47 bits per heavy atom. The van der Waals surface area contributed by atoms with Gasteiger partial charge >= 0.3 is 0 Å². The molecule has 0 aromatic carbocycles. The highest BCUT2D eigenvalue weighted by Crippen LogP contribution is 2.16. The van der Waals surface area contributed by atoms with Crippen LogP contribution >= 0.6 is 22.9 Å². The summed E-state index contributed by atoms with van der Waals surface area (Å²) in [5, 5.41) is 2.08. The first kappa shape index (κ1) is 12.3. The van der Waals surface area contributed by atoms with Crippen molar-refractivity contribution < 1.29 is 0 Å². The van der Waals surface area contributed by atoms with Crippen molar-refractivity contribution >= 4 is 28.9 Å². The monoisotopic (exact) mass is 267 g/mol. The molecule has 2 aromatic heterocycles. The number of hydrogen-bond acceptors (Lipinski definition) is 4. The van der Waals surface area contributed by atoms with Gasteiger partial charge in [0.25, 0.3) is 0 Å². The van der Waals surface area contributed by atoms with Crippen LogP contribution in [-0.4, -0.2) is 17.0 Å². The number of halogens is 1. The average molecular weight is 268 g/mol. The van der Waals surface area contributed by atoms with Crippen LogP contribution in [0.3, 0.4) is 0 Å². The van der Waals surface area contributed by atoms with Gasteiger partial charge in [-0.1, -0.05) is 6.07 Å². The average Bonchev–Trinajstić information content (AvgIpc) is 2.81. The zero-order valence-corrected chi connectivity index (χ0v) is 11.4. The highest BCUT2D eigenvalue weighted by Gasteiger charge is 2.08. The molecule has 0 aliphatic rings. The molecule has 0 unspecified atom stereocenters. The molecule has 0 amide bonds. The summed E-state index contributed by atoms with van der Waals surface area (Å²) in [5.41, 5.74) is 1.93. The Labute approximate surface area is 110 Å². The molecular weight excluding hydrogens is 254 g/mol. The third-order valence-corrected chi connectivity index (χ3v) is 3.68. The Morgan fingerprint density at radius 2 is 2.29 bits per heavy atom. The van der Waals surface area contributed by atoms with Crippen LogP contribution < -0.4 is 4.90 Å². The first-order valence-corrected chi connectivity index (χ1v) is 6.74. The maximum absolute atomic E-state index is 5.79. The summed E-state index contributed by atoms with van der Waals surface area (Å²) in [6.07, 6.45) is 1.80. The molecule has 0 saturated carbocycles. The van der Waals surface area contributed by atoms with Gasteiger partial charge in [-0.3, -0.25) is 0 Å². The lowest BCUT2D eigenvalue weighted by Crippen LogP contribution is -2.19. The Hall–Kier alpha value is -1.13. The molecule has 0 fully saturated rings. The zero-order chi connectivity index (χ0) is 12.3. The third-order valence-electron chi connectivity index (χ3n) is 2.53. The van der Waals surface area contributed by atoms with E-state index in [1.54, 1.807) is 17.5 Å². The van der Waals surface area contributed by atoms with Gasteiger partial charge in [-0.05, 0) is 18.4 Å². The summed E-state index contributed by atoms with van der Waals surface area (Å²) in [6.45, 7) is 2.79. The molecule has 3 nitrogen and oxygen atoms in total. The van der Waals surface area contributed by atoms with E-state index in [1.807, 2.05) is 18.9 Å². The topological polar surface area (TPSA) is 29.0 Å². The van der Waals surface area contributed by atoms with Gasteiger partial charge in [-0.25, -0.2) is 9.97 Å². The molecule has 2 aromatic rings. The van der Waals surface area contributed by atoms with E-state index in [0.29, 0.717) is 5.88 Å². The van der Waals surface area contributed by atoms with Crippen molar-refractivity contribution in [3.63, 3.8) is 0 Å². The van der Waals surface area contributed by atoms with E-state index in [2.05, 4.69) is 27.5 Å². The highest BCUT2D eigenvalue weighted by atomic mass is 35.5. The van der Waals surface area contributed by atoms with Crippen LogP contribution in [0.4, 0.5) is 5.95 Å². The van der Waals surface area contributed by atoms with Crippen molar-refractivity contribution in [1.82, 2.24) is 9.97 Å². The second-order valence-corrected chi connectivity index (χ2v) is 5.15. The van der Waals surface area contributed by atoms with E-state index < -0.39 is 0 Å². The van der Waals surface area contributed by atoms with E-state index in [9.17, 15) is 0 Å². The Bertz CT molecular complexity index is 485. The standard InChI is InChI=1S/C12H14ClN3S/c1-9-10(6-13)7-14-12(15-9)16(2)8-11-4-3-5-17-11/h3-5,7H,6,8H2,1-2H3. The van der Waals surface area contributed by atoms with Crippen molar-refractivity contribution in [2.24, 2.45) is 0 Å². The second-order valence-electron chi connectivity index (χ2n) is 3.85. The molecule has 0 N–H and O–H groups in total. The molecule has 90 valence electrons. The molecule has 0 aliphatic carbocycles. The minimum absolute atomic E-state index is 0.459. The van der Waals surface area contributed by atoms with Crippen LogP contribution in [0.2, 0.25) is 0 Å². The Balaban J connectivity index is 2.14. The van der Waals surface area contributed by atoms with Gasteiger partial charge in [-0.15, -0.1) is 22.9 Å².